The molecule has 0 radical (unpaired) electrons. The summed E-state index contributed by atoms with van der Waals surface area (Å²) in [5.41, 5.74) is 1.77. The molecule has 7 nitrogen and oxygen atoms in total. The first-order valence-electron chi connectivity index (χ1n) is 9.59. The molecule has 0 unspecified atom stereocenters. The first kappa shape index (κ1) is 22.6. The highest BCUT2D eigenvalue weighted by atomic mass is 79.9. The zero-order valence-electron chi connectivity index (χ0n) is 17.8. The standard InChI is InChI=1S/C24H17BrN2O5S/c1-29-20-7-13(8-21(30-2)22(20)31-3)6-15(11-26)23-27-18(12-33-23)17-10-14-9-16(25)4-5-19(14)32-24(17)28/h4-10,12H,1-3H3. The van der Waals surface area contributed by atoms with E-state index in [9.17, 15) is 10.1 Å². The Hall–Kier alpha value is -3.61. The van der Waals surface area contributed by atoms with Crippen molar-refractivity contribution in [3.8, 4) is 34.6 Å². The molecule has 0 N–H and O–H groups in total. The third-order valence-corrected chi connectivity index (χ3v) is 6.19. The second-order valence-electron chi connectivity index (χ2n) is 6.80. The lowest BCUT2D eigenvalue weighted by Crippen LogP contribution is -2.03. The maximum atomic E-state index is 12.5. The van der Waals surface area contributed by atoms with E-state index in [1.807, 2.05) is 6.07 Å². The molecule has 0 amide bonds. The van der Waals surface area contributed by atoms with Crippen molar-refractivity contribution in [3.63, 3.8) is 0 Å². The summed E-state index contributed by atoms with van der Waals surface area (Å²) in [6.07, 6.45) is 1.67. The number of allylic oxidation sites excluding steroid dienone is 1. The van der Waals surface area contributed by atoms with Gasteiger partial charge in [0.25, 0.3) is 0 Å². The molecule has 0 spiro atoms. The monoisotopic (exact) mass is 524 g/mol. The number of nitriles is 1. The van der Waals surface area contributed by atoms with Crippen LogP contribution in [0.1, 0.15) is 10.6 Å². The fourth-order valence-corrected chi connectivity index (χ4v) is 4.45. The maximum absolute atomic E-state index is 12.5. The van der Waals surface area contributed by atoms with Crippen LogP contribution >= 0.6 is 27.3 Å². The smallest absolute Gasteiger partial charge is 0.345 e. The number of hydrogen-bond acceptors (Lipinski definition) is 8. The average molecular weight is 525 g/mol. The van der Waals surface area contributed by atoms with Crippen LogP contribution in [-0.4, -0.2) is 26.3 Å². The number of ether oxygens (including phenoxy) is 3. The van der Waals surface area contributed by atoms with Gasteiger partial charge in [0.1, 0.15) is 16.7 Å². The van der Waals surface area contributed by atoms with Crippen molar-refractivity contribution < 1.29 is 18.6 Å². The van der Waals surface area contributed by atoms with Crippen LogP contribution in [0.4, 0.5) is 0 Å². The molecule has 4 rings (SSSR count). The summed E-state index contributed by atoms with van der Waals surface area (Å²) in [4.78, 5) is 17.1. The molecule has 0 aliphatic carbocycles. The Balaban J connectivity index is 1.76. The Morgan fingerprint density at radius 1 is 1.12 bits per heavy atom. The quantitative estimate of drug-likeness (QED) is 0.233. The third kappa shape index (κ3) is 4.49. The summed E-state index contributed by atoms with van der Waals surface area (Å²) in [6, 6.07) is 12.8. The van der Waals surface area contributed by atoms with E-state index in [0.717, 1.165) is 9.86 Å². The average Bonchev–Trinajstić information content (AvgIpc) is 3.31. The van der Waals surface area contributed by atoms with Gasteiger partial charge in [0, 0.05) is 15.2 Å². The van der Waals surface area contributed by atoms with Crippen molar-refractivity contribution in [2.24, 2.45) is 0 Å². The Kier molecular flexibility index (Phi) is 6.49. The Labute approximate surface area is 201 Å². The number of nitrogens with zero attached hydrogens (tertiary/aromatic N) is 2. The summed E-state index contributed by atoms with van der Waals surface area (Å²) >= 11 is 4.68. The molecule has 0 saturated heterocycles. The van der Waals surface area contributed by atoms with Crippen molar-refractivity contribution >= 4 is 49.9 Å². The highest BCUT2D eigenvalue weighted by Gasteiger charge is 2.16. The van der Waals surface area contributed by atoms with Crippen LogP contribution in [0.15, 0.2) is 55.5 Å². The fraction of sp³-hybridized carbons (Fsp3) is 0.125. The summed E-state index contributed by atoms with van der Waals surface area (Å²) < 4.78 is 22.4. The van der Waals surface area contributed by atoms with Crippen molar-refractivity contribution in [3.05, 3.63) is 67.2 Å². The van der Waals surface area contributed by atoms with E-state index < -0.39 is 5.63 Å². The van der Waals surface area contributed by atoms with Gasteiger partial charge in [-0.2, -0.15) is 5.26 Å². The first-order chi connectivity index (χ1) is 16.0. The molecule has 0 bridgehead atoms. The summed E-state index contributed by atoms with van der Waals surface area (Å²) in [6.45, 7) is 0. The number of halogens is 1. The van der Waals surface area contributed by atoms with Crippen molar-refractivity contribution in [2.45, 2.75) is 0 Å². The Morgan fingerprint density at radius 3 is 2.48 bits per heavy atom. The summed E-state index contributed by atoms with van der Waals surface area (Å²) in [5, 5.41) is 12.7. The highest BCUT2D eigenvalue weighted by Crippen LogP contribution is 2.39. The molecule has 0 aliphatic rings. The van der Waals surface area contributed by atoms with Crippen LogP contribution < -0.4 is 19.8 Å². The molecule has 0 saturated carbocycles. The van der Waals surface area contributed by atoms with Crippen LogP contribution in [0.5, 0.6) is 17.2 Å². The third-order valence-electron chi connectivity index (χ3n) is 4.82. The molecule has 0 fully saturated rings. The van der Waals surface area contributed by atoms with Gasteiger partial charge in [0.2, 0.25) is 5.75 Å². The van der Waals surface area contributed by atoms with Crippen LogP contribution in [0.25, 0.3) is 33.9 Å². The van der Waals surface area contributed by atoms with Crippen molar-refractivity contribution in [1.29, 1.82) is 5.26 Å². The second kappa shape index (κ2) is 9.48. The van der Waals surface area contributed by atoms with Gasteiger partial charge in [-0.25, -0.2) is 9.78 Å². The predicted octanol–water partition coefficient (Wildman–Crippen LogP) is 5.77. The van der Waals surface area contributed by atoms with Gasteiger partial charge in [-0.1, -0.05) is 15.9 Å². The minimum absolute atomic E-state index is 0.327. The number of aromatic nitrogens is 1. The SMILES string of the molecule is COc1cc(C=C(C#N)c2nc(-c3cc4cc(Br)ccc4oc3=O)cs2)cc(OC)c1OC. The van der Waals surface area contributed by atoms with E-state index in [1.54, 1.807) is 41.8 Å². The molecule has 0 atom stereocenters. The highest BCUT2D eigenvalue weighted by molar-refractivity contribution is 9.10. The molecular weight excluding hydrogens is 508 g/mol. The normalized spacial score (nSPS) is 11.3. The maximum Gasteiger partial charge on any atom is 0.345 e. The lowest BCUT2D eigenvalue weighted by atomic mass is 10.1. The molecule has 2 aromatic carbocycles. The molecule has 33 heavy (non-hydrogen) atoms. The van der Waals surface area contributed by atoms with E-state index in [2.05, 4.69) is 27.0 Å². The zero-order chi connectivity index (χ0) is 23.5. The zero-order valence-corrected chi connectivity index (χ0v) is 20.2. The predicted molar refractivity (Wildman–Crippen MR) is 131 cm³/mol. The Morgan fingerprint density at radius 2 is 1.85 bits per heavy atom. The van der Waals surface area contributed by atoms with Gasteiger partial charge in [-0.15, -0.1) is 11.3 Å². The molecule has 4 aromatic rings. The topological polar surface area (TPSA) is 94.6 Å². The van der Waals surface area contributed by atoms with Gasteiger partial charge in [-0.05, 0) is 48.0 Å². The van der Waals surface area contributed by atoms with Crippen LogP contribution in [-0.2, 0) is 0 Å². The van der Waals surface area contributed by atoms with E-state index in [0.29, 0.717) is 50.2 Å². The van der Waals surface area contributed by atoms with Crippen molar-refractivity contribution in [2.75, 3.05) is 21.3 Å². The molecule has 2 heterocycles. The molecule has 0 aliphatic heterocycles. The number of rotatable bonds is 6. The van der Waals surface area contributed by atoms with Gasteiger partial charge in [-0.3, -0.25) is 0 Å². The number of fused-ring (bicyclic) bond motifs is 1. The number of hydrogen-bond donors (Lipinski definition) is 0. The van der Waals surface area contributed by atoms with Gasteiger partial charge < -0.3 is 18.6 Å². The largest absolute Gasteiger partial charge is 0.493 e. The number of benzene rings is 2. The molecule has 2 aromatic heterocycles. The Bertz CT molecular complexity index is 1460. The minimum Gasteiger partial charge on any atom is -0.493 e. The summed E-state index contributed by atoms with van der Waals surface area (Å²) in [7, 11) is 4.57. The molecule has 166 valence electrons. The first-order valence-corrected chi connectivity index (χ1v) is 11.3. The summed E-state index contributed by atoms with van der Waals surface area (Å²) in [5.74, 6) is 1.40. The lowest BCUT2D eigenvalue weighted by Gasteiger charge is -2.13. The van der Waals surface area contributed by atoms with Crippen LogP contribution in [0, 0.1) is 11.3 Å². The van der Waals surface area contributed by atoms with Crippen LogP contribution in [0.2, 0.25) is 0 Å². The minimum atomic E-state index is -0.492. The van der Waals surface area contributed by atoms with E-state index in [1.165, 1.54) is 32.7 Å². The molecular formula is C24H17BrN2O5S. The van der Waals surface area contributed by atoms with E-state index in [-0.39, 0.29) is 0 Å². The van der Waals surface area contributed by atoms with Crippen LogP contribution in [0.3, 0.4) is 0 Å². The number of methoxy groups -OCH3 is 3. The number of thiazole rings is 1. The second-order valence-corrected chi connectivity index (χ2v) is 8.57. The van der Waals surface area contributed by atoms with Crippen molar-refractivity contribution in [1.82, 2.24) is 4.98 Å². The van der Waals surface area contributed by atoms with E-state index >= 15 is 0 Å². The lowest BCUT2D eigenvalue weighted by molar-refractivity contribution is 0.324. The van der Waals surface area contributed by atoms with Gasteiger partial charge in [0.05, 0.1) is 38.2 Å². The fourth-order valence-electron chi connectivity index (χ4n) is 3.29. The van der Waals surface area contributed by atoms with E-state index in [4.69, 9.17) is 18.6 Å². The van der Waals surface area contributed by atoms with Gasteiger partial charge in [0.15, 0.2) is 11.5 Å². The molecule has 9 heteroatoms. The van der Waals surface area contributed by atoms with Gasteiger partial charge >= 0.3 is 5.63 Å².